The van der Waals surface area contributed by atoms with E-state index in [0.717, 1.165) is 5.52 Å². The van der Waals surface area contributed by atoms with Gasteiger partial charge < -0.3 is 4.98 Å². The normalized spacial score (nSPS) is 10.6. The molecule has 0 spiro atoms. The van der Waals surface area contributed by atoms with Gasteiger partial charge >= 0.3 is 0 Å². The molecule has 0 saturated carbocycles. The van der Waals surface area contributed by atoms with Gasteiger partial charge in [0, 0.05) is 5.02 Å². The molecule has 0 radical (unpaired) electrons. The fourth-order valence-electron chi connectivity index (χ4n) is 1.24. The first-order valence-electron chi connectivity index (χ1n) is 3.83. The summed E-state index contributed by atoms with van der Waals surface area (Å²) in [5.41, 5.74) is 0.507. The van der Waals surface area contributed by atoms with Gasteiger partial charge in [0.25, 0.3) is 5.56 Å². The molecule has 0 saturated heterocycles. The average molecular weight is 195 g/mol. The SMILES string of the molecule is Cc1nc(=O)c2ccc(Cl)cc2[nH]1. The Morgan fingerprint density at radius 1 is 1.46 bits per heavy atom. The summed E-state index contributed by atoms with van der Waals surface area (Å²) in [6.45, 7) is 1.74. The first-order chi connectivity index (χ1) is 6.16. The summed E-state index contributed by atoms with van der Waals surface area (Å²) in [6.07, 6.45) is 0. The van der Waals surface area contributed by atoms with E-state index in [4.69, 9.17) is 11.6 Å². The lowest BCUT2D eigenvalue weighted by Gasteiger charge is -1.98. The highest BCUT2D eigenvalue weighted by atomic mass is 35.5. The topological polar surface area (TPSA) is 45.8 Å². The third-order valence-corrected chi connectivity index (χ3v) is 2.03. The second-order valence-electron chi connectivity index (χ2n) is 2.82. The number of nitrogens with zero attached hydrogens (tertiary/aromatic N) is 1. The van der Waals surface area contributed by atoms with Crippen molar-refractivity contribution in [3.05, 3.63) is 39.4 Å². The van der Waals surface area contributed by atoms with Crippen LogP contribution in [0.25, 0.3) is 10.9 Å². The molecule has 0 unspecified atom stereocenters. The summed E-state index contributed by atoms with van der Waals surface area (Å²) in [5.74, 6) is 0.597. The van der Waals surface area contributed by atoms with Gasteiger partial charge in [0.15, 0.2) is 0 Å². The fraction of sp³-hybridized carbons (Fsp3) is 0.111. The maximum absolute atomic E-state index is 11.3. The summed E-state index contributed by atoms with van der Waals surface area (Å²) in [7, 11) is 0. The Kier molecular flexibility index (Phi) is 1.81. The number of hydrogen-bond acceptors (Lipinski definition) is 2. The zero-order chi connectivity index (χ0) is 9.42. The number of nitrogens with one attached hydrogen (secondary N) is 1. The molecular formula is C9H7ClN2O. The fourth-order valence-corrected chi connectivity index (χ4v) is 1.41. The van der Waals surface area contributed by atoms with Crippen molar-refractivity contribution in [2.75, 3.05) is 0 Å². The Morgan fingerprint density at radius 2 is 2.23 bits per heavy atom. The molecule has 1 aromatic heterocycles. The minimum Gasteiger partial charge on any atom is -0.343 e. The van der Waals surface area contributed by atoms with E-state index in [1.807, 2.05) is 0 Å². The van der Waals surface area contributed by atoms with Crippen LogP contribution in [0.4, 0.5) is 0 Å². The van der Waals surface area contributed by atoms with E-state index in [2.05, 4.69) is 9.97 Å². The molecule has 1 N–H and O–H groups in total. The van der Waals surface area contributed by atoms with E-state index in [9.17, 15) is 4.79 Å². The second kappa shape index (κ2) is 2.85. The maximum Gasteiger partial charge on any atom is 0.280 e. The lowest BCUT2D eigenvalue weighted by Crippen LogP contribution is -2.09. The molecule has 3 nitrogen and oxygen atoms in total. The van der Waals surface area contributed by atoms with E-state index in [0.29, 0.717) is 16.2 Å². The van der Waals surface area contributed by atoms with Crippen LogP contribution in [-0.2, 0) is 0 Å². The van der Waals surface area contributed by atoms with Crippen LogP contribution in [0.2, 0.25) is 5.02 Å². The van der Waals surface area contributed by atoms with Crippen LogP contribution in [0.3, 0.4) is 0 Å². The van der Waals surface area contributed by atoms with Gasteiger partial charge in [-0.2, -0.15) is 4.98 Å². The molecule has 2 aromatic rings. The smallest absolute Gasteiger partial charge is 0.280 e. The number of halogens is 1. The molecule has 0 aliphatic heterocycles. The molecule has 0 fully saturated rings. The Bertz CT molecular complexity index is 513. The van der Waals surface area contributed by atoms with E-state index in [1.54, 1.807) is 25.1 Å². The lowest BCUT2D eigenvalue weighted by molar-refractivity contribution is 1.06. The number of benzene rings is 1. The van der Waals surface area contributed by atoms with Gasteiger partial charge in [-0.05, 0) is 25.1 Å². The highest BCUT2D eigenvalue weighted by Crippen LogP contribution is 2.13. The zero-order valence-corrected chi connectivity index (χ0v) is 7.72. The molecule has 13 heavy (non-hydrogen) atoms. The van der Waals surface area contributed by atoms with Crippen molar-refractivity contribution in [2.24, 2.45) is 0 Å². The first-order valence-corrected chi connectivity index (χ1v) is 4.21. The van der Waals surface area contributed by atoms with Crippen molar-refractivity contribution in [3.63, 3.8) is 0 Å². The van der Waals surface area contributed by atoms with E-state index in [-0.39, 0.29) is 5.56 Å². The minimum absolute atomic E-state index is 0.220. The van der Waals surface area contributed by atoms with Gasteiger partial charge in [-0.3, -0.25) is 4.79 Å². The number of H-pyrrole nitrogens is 1. The third-order valence-electron chi connectivity index (χ3n) is 1.80. The lowest BCUT2D eigenvalue weighted by atomic mass is 10.2. The van der Waals surface area contributed by atoms with Crippen LogP contribution < -0.4 is 5.56 Å². The summed E-state index contributed by atoms with van der Waals surface area (Å²) in [4.78, 5) is 18.1. The van der Waals surface area contributed by atoms with Crippen molar-refractivity contribution in [1.29, 1.82) is 0 Å². The van der Waals surface area contributed by atoms with Crippen molar-refractivity contribution in [3.8, 4) is 0 Å². The number of hydrogen-bond donors (Lipinski definition) is 1. The number of rotatable bonds is 0. The van der Waals surface area contributed by atoms with Crippen LogP contribution in [-0.4, -0.2) is 9.97 Å². The number of aromatic nitrogens is 2. The molecule has 1 aromatic carbocycles. The quantitative estimate of drug-likeness (QED) is 0.696. The molecule has 2 rings (SSSR count). The minimum atomic E-state index is -0.220. The molecule has 66 valence electrons. The van der Waals surface area contributed by atoms with Crippen LogP contribution in [0.5, 0.6) is 0 Å². The van der Waals surface area contributed by atoms with Crippen molar-refractivity contribution in [1.82, 2.24) is 9.97 Å². The Hall–Kier alpha value is -1.35. The number of aromatic amines is 1. The summed E-state index contributed by atoms with van der Waals surface area (Å²) in [5, 5.41) is 1.17. The summed E-state index contributed by atoms with van der Waals surface area (Å²) in [6, 6.07) is 5.06. The standard InChI is InChI=1S/C9H7ClN2O/c1-5-11-8-4-6(10)2-3-7(8)9(13)12-5/h2-4H,1H3,(H,11,12,13). The highest BCUT2D eigenvalue weighted by Gasteiger charge is 2.00. The van der Waals surface area contributed by atoms with Crippen molar-refractivity contribution >= 4 is 22.5 Å². The van der Waals surface area contributed by atoms with Crippen LogP contribution in [0, 0.1) is 6.92 Å². The first kappa shape index (κ1) is 8.26. The molecule has 1 heterocycles. The Morgan fingerprint density at radius 3 is 3.00 bits per heavy atom. The van der Waals surface area contributed by atoms with Gasteiger partial charge in [0.2, 0.25) is 0 Å². The van der Waals surface area contributed by atoms with Crippen molar-refractivity contribution in [2.45, 2.75) is 6.92 Å². The van der Waals surface area contributed by atoms with Gasteiger partial charge in [-0.15, -0.1) is 0 Å². The van der Waals surface area contributed by atoms with Gasteiger partial charge in [0.1, 0.15) is 5.82 Å². The van der Waals surface area contributed by atoms with Crippen LogP contribution >= 0.6 is 11.6 Å². The van der Waals surface area contributed by atoms with Crippen molar-refractivity contribution < 1.29 is 0 Å². The van der Waals surface area contributed by atoms with E-state index in [1.165, 1.54) is 0 Å². The Balaban J connectivity index is 2.95. The van der Waals surface area contributed by atoms with Gasteiger partial charge in [0.05, 0.1) is 10.9 Å². The highest BCUT2D eigenvalue weighted by molar-refractivity contribution is 6.31. The third kappa shape index (κ3) is 1.42. The molecule has 0 amide bonds. The molecule has 0 aliphatic rings. The van der Waals surface area contributed by atoms with Crippen LogP contribution in [0.1, 0.15) is 5.82 Å². The Labute approximate surface area is 79.4 Å². The summed E-state index contributed by atoms with van der Waals surface area (Å²) >= 11 is 5.78. The monoisotopic (exact) mass is 194 g/mol. The van der Waals surface area contributed by atoms with Gasteiger partial charge in [-0.1, -0.05) is 11.6 Å². The number of fused-ring (bicyclic) bond motifs is 1. The summed E-state index contributed by atoms with van der Waals surface area (Å²) < 4.78 is 0. The average Bonchev–Trinajstić information content (AvgIpc) is 2.02. The predicted octanol–water partition coefficient (Wildman–Crippen LogP) is 1.88. The molecule has 0 aliphatic carbocycles. The number of aryl methyl sites for hydroxylation is 1. The molecular weight excluding hydrogens is 188 g/mol. The second-order valence-corrected chi connectivity index (χ2v) is 3.25. The van der Waals surface area contributed by atoms with Crippen LogP contribution in [0.15, 0.2) is 23.0 Å². The van der Waals surface area contributed by atoms with E-state index < -0.39 is 0 Å². The zero-order valence-electron chi connectivity index (χ0n) is 6.97. The molecule has 0 atom stereocenters. The maximum atomic E-state index is 11.3. The predicted molar refractivity (Wildman–Crippen MR) is 52.1 cm³/mol. The molecule has 4 heteroatoms. The largest absolute Gasteiger partial charge is 0.343 e. The van der Waals surface area contributed by atoms with Gasteiger partial charge in [-0.25, -0.2) is 0 Å². The van der Waals surface area contributed by atoms with E-state index >= 15 is 0 Å². The molecule has 0 bridgehead atoms.